The number of pyridine rings is 1. The van der Waals surface area contributed by atoms with Crippen LogP contribution in [0.5, 0.6) is 0 Å². The van der Waals surface area contributed by atoms with Crippen molar-refractivity contribution < 1.29 is 0 Å². The first-order chi connectivity index (χ1) is 13.2. The molecule has 0 atom stereocenters. The van der Waals surface area contributed by atoms with E-state index < -0.39 is 0 Å². The lowest BCUT2D eigenvalue weighted by atomic mass is 10.1. The Morgan fingerprint density at radius 2 is 1.71 bits per heavy atom. The standard InChI is InChI=1S/C21H22ClN5.HI/c22-17-5-7-18(8-6-17)26-11-13-27(14-12-26)21(23)25-15-20-19-4-2-1-3-16(19)9-10-24-20;/h1-10H,11-15H2,(H2,23,25);1H. The summed E-state index contributed by atoms with van der Waals surface area (Å²) in [4.78, 5) is 13.6. The molecule has 3 aromatic rings. The Labute approximate surface area is 187 Å². The molecule has 0 saturated carbocycles. The van der Waals surface area contributed by atoms with Gasteiger partial charge >= 0.3 is 0 Å². The number of benzene rings is 2. The van der Waals surface area contributed by atoms with Gasteiger partial charge in [0.15, 0.2) is 5.96 Å². The Kier molecular flexibility index (Phi) is 6.96. The highest BCUT2D eigenvalue weighted by atomic mass is 127. The molecule has 0 spiro atoms. The maximum atomic E-state index is 6.26. The van der Waals surface area contributed by atoms with Gasteiger partial charge in [-0.2, -0.15) is 0 Å². The van der Waals surface area contributed by atoms with E-state index in [9.17, 15) is 0 Å². The minimum absolute atomic E-state index is 0. The third-order valence-electron chi connectivity index (χ3n) is 4.94. The topological polar surface area (TPSA) is 57.8 Å². The van der Waals surface area contributed by atoms with Gasteiger partial charge in [0.1, 0.15) is 0 Å². The van der Waals surface area contributed by atoms with E-state index in [4.69, 9.17) is 17.3 Å². The summed E-state index contributed by atoms with van der Waals surface area (Å²) in [6.45, 7) is 4.00. The fourth-order valence-electron chi connectivity index (χ4n) is 3.41. The van der Waals surface area contributed by atoms with E-state index in [-0.39, 0.29) is 24.0 Å². The molecule has 2 N–H and O–H groups in total. The van der Waals surface area contributed by atoms with Crippen molar-refractivity contribution in [2.75, 3.05) is 31.1 Å². The van der Waals surface area contributed by atoms with Crippen LogP contribution in [0.1, 0.15) is 5.69 Å². The smallest absolute Gasteiger partial charge is 0.191 e. The molecule has 146 valence electrons. The lowest BCUT2D eigenvalue weighted by molar-refractivity contribution is 0.380. The van der Waals surface area contributed by atoms with Crippen LogP contribution in [-0.4, -0.2) is 42.0 Å². The van der Waals surface area contributed by atoms with E-state index in [1.54, 1.807) is 0 Å². The van der Waals surface area contributed by atoms with Gasteiger partial charge in [-0.1, -0.05) is 35.9 Å². The molecule has 0 aliphatic carbocycles. The molecule has 0 bridgehead atoms. The van der Waals surface area contributed by atoms with Crippen molar-refractivity contribution in [1.29, 1.82) is 0 Å². The first-order valence-electron chi connectivity index (χ1n) is 9.09. The fraction of sp³-hybridized carbons (Fsp3) is 0.238. The fourth-order valence-corrected chi connectivity index (χ4v) is 3.54. The van der Waals surface area contributed by atoms with Crippen molar-refractivity contribution in [3.63, 3.8) is 0 Å². The number of halogens is 2. The number of fused-ring (bicyclic) bond motifs is 1. The Balaban J connectivity index is 0.00000225. The SMILES string of the molecule is I.NC(=NCc1nccc2ccccc12)N1CCN(c2ccc(Cl)cc2)CC1. The maximum absolute atomic E-state index is 6.26. The molecule has 2 aromatic carbocycles. The Morgan fingerprint density at radius 3 is 2.46 bits per heavy atom. The minimum Gasteiger partial charge on any atom is -0.370 e. The molecular formula is C21H23ClIN5. The van der Waals surface area contributed by atoms with Gasteiger partial charge in [0, 0.05) is 48.5 Å². The van der Waals surface area contributed by atoms with Gasteiger partial charge < -0.3 is 15.5 Å². The number of nitrogens with two attached hydrogens (primary N) is 1. The number of piperazine rings is 1. The van der Waals surface area contributed by atoms with E-state index in [0.29, 0.717) is 12.5 Å². The number of guanidine groups is 1. The van der Waals surface area contributed by atoms with E-state index in [1.165, 1.54) is 11.1 Å². The molecule has 2 heterocycles. The number of hydrogen-bond donors (Lipinski definition) is 1. The van der Waals surface area contributed by atoms with Gasteiger partial charge in [0.25, 0.3) is 0 Å². The van der Waals surface area contributed by atoms with Crippen molar-refractivity contribution in [3.8, 4) is 0 Å². The molecular weight excluding hydrogens is 485 g/mol. The molecule has 0 radical (unpaired) electrons. The van der Waals surface area contributed by atoms with Crippen LogP contribution in [0.25, 0.3) is 10.8 Å². The average molecular weight is 508 g/mol. The van der Waals surface area contributed by atoms with Gasteiger partial charge in [-0.3, -0.25) is 4.98 Å². The van der Waals surface area contributed by atoms with Crippen LogP contribution in [0, 0.1) is 0 Å². The van der Waals surface area contributed by atoms with Gasteiger partial charge in [0.2, 0.25) is 0 Å². The van der Waals surface area contributed by atoms with Crippen LogP contribution in [-0.2, 0) is 6.54 Å². The van der Waals surface area contributed by atoms with E-state index >= 15 is 0 Å². The van der Waals surface area contributed by atoms with Crippen LogP contribution in [0.2, 0.25) is 5.02 Å². The summed E-state index contributed by atoms with van der Waals surface area (Å²) in [6.07, 6.45) is 1.83. The second-order valence-corrected chi connectivity index (χ2v) is 7.04. The minimum atomic E-state index is 0. The van der Waals surface area contributed by atoms with E-state index in [2.05, 4.69) is 44.0 Å². The number of aromatic nitrogens is 1. The predicted octanol–water partition coefficient (Wildman–Crippen LogP) is 4.14. The number of hydrogen-bond acceptors (Lipinski definition) is 3. The molecule has 1 aliphatic rings. The third-order valence-corrected chi connectivity index (χ3v) is 5.19. The summed E-state index contributed by atoms with van der Waals surface area (Å²) in [5, 5.41) is 3.06. The maximum Gasteiger partial charge on any atom is 0.191 e. The molecule has 4 rings (SSSR count). The van der Waals surface area contributed by atoms with Crippen LogP contribution in [0.3, 0.4) is 0 Å². The number of rotatable bonds is 3. The van der Waals surface area contributed by atoms with Gasteiger partial charge in [0.05, 0.1) is 12.2 Å². The Hall–Kier alpha value is -2.06. The summed E-state index contributed by atoms with van der Waals surface area (Å²) in [7, 11) is 0. The second kappa shape index (κ2) is 9.43. The summed E-state index contributed by atoms with van der Waals surface area (Å²) in [5.74, 6) is 0.584. The van der Waals surface area contributed by atoms with Crippen molar-refractivity contribution in [3.05, 3.63) is 71.5 Å². The number of aliphatic imine (C=N–C) groups is 1. The van der Waals surface area contributed by atoms with Gasteiger partial charge in [-0.25, -0.2) is 4.99 Å². The lowest BCUT2D eigenvalue weighted by Gasteiger charge is -2.36. The van der Waals surface area contributed by atoms with Crippen molar-refractivity contribution in [2.24, 2.45) is 10.7 Å². The Morgan fingerprint density at radius 1 is 1.00 bits per heavy atom. The average Bonchev–Trinajstić information content (AvgIpc) is 2.72. The summed E-state index contributed by atoms with van der Waals surface area (Å²) >= 11 is 5.97. The molecule has 5 nitrogen and oxygen atoms in total. The van der Waals surface area contributed by atoms with Gasteiger partial charge in [-0.15, -0.1) is 24.0 Å². The number of anilines is 1. The zero-order valence-electron chi connectivity index (χ0n) is 15.5. The predicted molar refractivity (Wildman–Crippen MR) is 128 cm³/mol. The van der Waals surface area contributed by atoms with Crippen LogP contribution >= 0.6 is 35.6 Å². The van der Waals surface area contributed by atoms with Crippen LogP contribution in [0.15, 0.2) is 65.8 Å². The first-order valence-corrected chi connectivity index (χ1v) is 9.46. The monoisotopic (exact) mass is 507 g/mol. The summed E-state index contributed by atoms with van der Waals surface area (Å²) < 4.78 is 0. The molecule has 0 unspecified atom stereocenters. The van der Waals surface area contributed by atoms with Crippen LogP contribution in [0.4, 0.5) is 5.69 Å². The van der Waals surface area contributed by atoms with E-state index in [1.807, 2.05) is 36.5 Å². The van der Waals surface area contributed by atoms with Gasteiger partial charge in [-0.05, 0) is 35.7 Å². The molecule has 1 saturated heterocycles. The molecule has 7 heteroatoms. The number of nitrogens with zero attached hydrogens (tertiary/aromatic N) is 4. The molecule has 1 aromatic heterocycles. The van der Waals surface area contributed by atoms with Crippen molar-refractivity contribution in [2.45, 2.75) is 6.54 Å². The Bertz CT molecular complexity index is 947. The second-order valence-electron chi connectivity index (χ2n) is 6.60. The highest BCUT2D eigenvalue weighted by Crippen LogP contribution is 2.20. The third kappa shape index (κ3) is 4.67. The largest absolute Gasteiger partial charge is 0.370 e. The lowest BCUT2D eigenvalue weighted by Crippen LogP contribution is -2.51. The summed E-state index contributed by atoms with van der Waals surface area (Å²) in [6, 6.07) is 18.2. The molecule has 28 heavy (non-hydrogen) atoms. The summed E-state index contributed by atoms with van der Waals surface area (Å²) in [5.41, 5.74) is 8.40. The zero-order chi connectivity index (χ0) is 18.6. The zero-order valence-corrected chi connectivity index (χ0v) is 18.5. The van der Waals surface area contributed by atoms with Crippen molar-refractivity contribution >= 4 is 58.0 Å². The van der Waals surface area contributed by atoms with E-state index in [0.717, 1.165) is 42.3 Å². The molecule has 0 amide bonds. The van der Waals surface area contributed by atoms with Crippen LogP contribution < -0.4 is 10.6 Å². The van der Waals surface area contributed by atoms with Crippen molar-refractivity contribution in [1.82, 2.24) is 9.88 Å². The molecule has 1 aliphatic heterocycles. The highest BCUT2D eigenvalue weighted by molar-refractivity contribution is 14.0. The normalized spacial score (nSPS) is 14.8. The quantitative estimate of drug-likeness (QED) is 0.329. The first kappa shape index (κ1) is 20.7. The molecule has 1 fully saturated rings. The highest BCUT2D eigenvalue weighted by Gasteiger charge is 2.18.